The zero-order chi connectivity index (χ0) is 14.7. The van der Waals surface area contributed by atoms with Crippen molar-refractivity contribution in [3.63, 3.8) is 0 Å². The molecule has 1 unspecified atom stereocenters. The van der Waals surface area contributed by atoms with Gasteiger partial charge < -0.3 is 10.6 Å². The van der Waals surface area contributed by atoms with Crippen LogP contribution in [0.4, 0.5) is 10.1 Å². The number of anilines is 1. The lowest BCUT2D eigenvalue weighted by molar-refractivity contribution is -0.124. The van der Waals surface area contributed by atoms with Crippen molar-refractivity contribution in [2.75, 3.05) is 11.9 Å². The maximum absolute atomic E-state index is 12.8. The highest BCUT2D eigenvalue weighted by Crippen LogP contribution is 2.24. The van der Waals surface area contributed by atoms with Crippen LogP contribution in [0.25, 0.3) is 0 Å². The largest absolute Gasteiger partial charge is 0.384 e. The third kappa shape index (κ3) is 3.21. The fourth-order valence-corrected chi connectivity index (χ4v) is 2.56. The number of fused-ring (bicyclic) bond motifs is 1. The van der Waals surface area contributed by atoms with Crippen LogP contribution in [0, 0.1) is 11.7 Å². The number of hydrogen-bond acceptors (Lipinski definition) is 2. The number of amides is 1. The normalized spacial score (nSPS) is 16.7. The summed E-state index contributed by atoms with van der Waals surface area (Å²) in [5, 5.41) is 6.21. The summed E-state index contributed by atoms with van der Waals surface area (Å²) in [6.45, 7) is 1.07. The standard InChI is InChI=1S/C17H17FN2O/c18-15-7-5-12(6-8-15)10-20-17(21)14-9-13-3-1-2-4-16(13)19-11-14/h1-8,14,19H,9-11H2,(H,20,21). The topological polar surface area (TPSA) is 41.1 Å². The Bertz CT molecular complexity index is 639. The average molecular weight is 284 g/mol. The molecular weight excluding hydrogens is 267 g/mol. The molecule has 2 aromatic carbocycles. The van der Waals surface area contributed by atoms with Crippen LogP contribution in [0.5, 0.6) is 0 Å². The molecule has 0 fully saturated rings. The molecule has 0 saturated carbocycles. The first kappa shape index (κ1) is 13.6. The van der Waals surface area contributed by atoms with E-state index in [0.29, 0.717) is 13.1 Å². The second kappa shape index (κ2) is 5.95. The molecule has 21 heavy (non-hydrogen) atoms. The van der Waals surface area contributed by atoms with Crippen LogP contribution in [0.3, 0.4) is 0 Å². The van der Waals surface area contributed by atoms with Gasteiger partial charge >= 0.3 is 0 Å². The fraction of sp³-hybridized carbons (Fsp3) is 0.235. The third-order valence-corrected chi connectivity index (χ3v) is 3.77. The van der Waals surface area contributed by atoms with Gasteiger partial charge in [0.1, 0.15) is 5.82 Å². The van der Waals surface area contributed by atoms with Gasteiger partial charge in [-0.15, -0.1) is 0 Å². The molecule has 2 N–H and O–H groups in total. The van der Waals surface area contributed by atoms with E-state index in [2.05, 4.69) is 10.6 Å². The van der Waals surface area contributed by atoms with Crippen molar-refractivity contribution in [3.8, 4) is 0 Å². The number of hydrogen-bond donors (Lipinski definition) is 2. The van der Waals surface area contributed by atoms with Gasteiger partial charge in [-0.3, -0.25) is 4.79 Å². The van der Waals surface area contributed by atoms with Crippen molar-refractivity contribution in [1.29, 1.82) is 0 Å². The number of carbonyl (C=O) groups is 1. The summed E-state index contributed by atoms with van der Waals surface area (Å²) < 4.78 is 12.8. The molecule has 0 aliphatic carbocycles. The highest BCUT2D eigenvalue weighted by atomic mass is 19.1. The molecule has 0 spiro atoms. The smallest absolute Gasteiger partial charge is 0.225 e. The van der Waals surface area contributed by atoms with E-state index in [1.165, 1.54) is 17.7 Å². The van der Waals surface area contributed by atoms with Crippen LogP contribution in [0.2, 0.25) is 0 Å². The van der Waals surface area contributed by atoms with E-state index in [9.17, 15) is 9.18 Å². The van der Waals surface area contributed by atoms with E-state index in [0.717, 1.165) is 17.7 Å². The second-order valence-electron chi connectivity index (χ2n) is 5.28. The van der Waals surface area contributed by atoms with E-state index in [4.69, 9.17) is 0 Å². The minimum atomic E-state index is -0.266. The van der Waals surface area contributed by atoms with Crippen molar-refractivity contribution in [1.82, 2.24) is 5.32 Å². The summed E-state index contributed by atoms with van der Waals surface area (Å²) in [6, 6.07) is 14.2. The van der Waals surface area contributed by atoms with E-state index < -0.39 is 0 Å². The highest BCUT2D eigenvalue weighted by Gasteiger charge is 2.23. The van der Waals surface area contributed by atoms with Crippen LogP contribution < -0.4 is 10.6 Å². The van der Waals surface area contributed by atoms with Crippen molar-refractivity contribution < 1.29 is 9.18 Å². The molecule has 3 nitrogen and oxygen atoms in total. The Kier molecular flexibility index (Phi) is 3.86. The van der Waals surface area contributed by atoms with Gasteiger partial charge in [-0.05, 0) is 35.7 Å². The highest BCUT2D eigenvalue weighted by molar-refractivity contribution is 5.80. The molecule has 1 amide bonds. The van der Waals surface area contributed by atoms with Crippen LogP contribution in [-0.2, 0) is 17.8 Å². The van der Waals surface area contributed by atoms with E-state index >= 15 is 0 Å². The minimum absolute atomic E-state index is 0.0290. The predicted octanol–water partition coefficient (Wildman–Crippen LogP) is 2.73. The molecule has 0 aromatic heterocycles. The van der Waals surface area contributed by atoms with Gasteiger partial charge in [0.2, 0.25) is 5.91 Å². The van der Waals surface area contributed by atoms with Gasteiger partial charge in [0, 0.05) is 18.8 Å². The number of para-hydroxylation sites is 1. The Hall–Kier alpha value is -2.36. The van der Waals surface area contributed by atoms with Crippen LogP contribution in [0.1, 0.15) is 11.1 Å². The number of rotatable bonds is 3. The van der Waals surface area contributed by atoms with Gasteiger partial charge in [0.05, 0.1) is 5.92 Å². The van der Waals surface area contributed by atoms with Gasteiger partial charge in [-0.1, -0.05) is 30.3 Å². The first-order valence-electron chi connectivity index (χ1n) is 7.06. The molecule has 1 atom stereocenters. The van der Waals surface area contributed by atoms with Gasteiger partial charge in [0.25, 0.3) is 0 Å². The Balaban J connectivity index is 1.58. The number of carbonyl (C=O) groups excluding carboxylic acids is 1. The van der Waals surface area contributed by atoms with E-state index in [1.807, 2.05) is 24.3 Å². The van der Waals surface area contributed by atoms with Crippen LogP contribution >= 0.6 is 0 Å². The predicted molar refractivity (Wildman–Crippen MR) is 80.4 cm³/mol. The van der Waals surface area contributed by atoms with Gasteiger partial charge in [-0.2, -0.15) is 0 Å². The summed E-state index contributed by atoms with van der Waals surface area (Å²) >= 11 is 0. The first-order chi connectivity index (χ1) is 10.2. The van der Waals surface area contributed by atoms with Crippen molar-refractivity contribution >= 4 is 11.6 Å². The maximum atomic E-state index is 12.8. The molecule has 0 bridgehead atoms. The molecule has 1 heterocycles. The Morgan fingerprint density at radius 3 is 2.76 bits per heavy atom. The molecular formula is C17H17FN2O. The lowest BCUT2D eigenvalue weighted by atomic mass is 9.93. The average Bonchev–Trinajstić information content (AvgIpc) is 2.53. The Labute approximate surface area is 123 Å². The molecule has 0 radical (unpaired) electrons. The molecule has 2 aromatic rings. The zero-order valence-corrected chi connectivity index (χ0v) is 11.6. The third-order valence-electron chi connectivity index (χ3n) is 3.77. The number of nitrogens with one attached hydrogen (secondary N) is 2. The van der Waals surface area contributed by atoms with Gasteiger partial charge in [-0.25, -0.2) is 4.39 Å². The van der Waals surface area contributed by atoms with E-state index in [1.54, 1.807) is 12.1 Å². The number of benzene rings is 2. The van der Waals surface area contributed by atoms with Gasteiger partial charge in [0.15, 0.2) is 0 Å². The first-order valence-corrected chi connectivity index (χ1v) is 7.06. The SMILES string of the molecule is O=C(NCc1ccc(F)cc1)C1CNc2ccccc2C1. The molecule has 4 heteroatoms. The van der Waals surface area contributed by atoms with Crippen LogP contribution in [-0.4, -0.2) is 12.5 Å². The molecule has 3 rings (SSSR count). The summed E-state index contributed by atoms with van der Waals surface area (Å²) in [7, 11) is 0. The Morgan fingerprint density at radius 1 is 1.19 bits per heavy atom. The lowest BCUT2D eigenvalue weighted by Gasteiger charge is -2.25. The van der Waals surface area contributed by atoms with Crippen molar-refractivity contribution in [2.45, 2.75) is 13.0 Å². The maximum Gasteiger partial charge on any atom is 0.225 e. The molecule has 1 aliphatic rings. The van der Waals surface area contributed by atoms with Crippen LogP contribution in [0.15, 0.2) is 48.5 Å². The molecule has 0 saturated heterocycles. The molecule has 1 aliphatic heterocycles. The summed E-state index contributed by atoms with van der Waals surface area (Å²) in [5.41, 5.74) is 3.18. The zero-order valence-electron chi connectivity index (χ0n) is 11.6. The summed E-state index contributed by atoms with van der Waals surface area (Å²) in [6.07, 6.45) is 0.748. The van der Waals surface area contributed by atoms with E-state index in [-0.39, 0.29) is 17.6 Å². The molecule has 108 valence electrons. The second-order valence-corrected chi connectivity index (χ2v) is 5.28. The van der Waals surface area contributed by atoms with Crippen molar-refractivity contribution in [3.05, 3.63) is 65.5 Å². The number of halogens is 1. The lowest BCUT2D eigenvalue weighted by Crippen LogP contribution is -2.37. The summed E-state index contributed by atoms with van der Waals surface area (Å²) in [4.78, 5) is 12.2. The van der Waals surface area contributed by atoms with Crippen molar-refractivity contribution in [2.24, 2.45) is 5.92 Å². The monoisotopic (exact) mass is 284 g/mol. The minimum Gasteiger partial charge on any atom is -0.384 e. The quantitative estimate of drug-likeness (QED) is 0.910. The Morgan fingerprint density at radius 2 is 1.95 bits per heavy atom. The fourth-order valence-electron chi connectivity index (χ4n) is 2.56. The summed E-state index contributed by atoms with van der Waals surface area (Å²) in [5.74, 6) is -0.306.